The monoisotopic (exact) mass is 321 g/mol. The molecule has 0 spiro atoms. The third-order valence-electron chi connectivity index (χ3n) is 2.81. The predicted octanol–water partition coefficient (Wildman–Crippen LogP) is 4.09. The van der Waals surface area contributed by atoms with E-state index in [4.69, 9.17) is 4.74 Å². The van der Waals surface area contributed by atoms with Gasteiger partial charge in [-0.05, 0) is 23.3 Å². The Hall–Kier alpha value is -1.88. The standard InChI is InChI=1S/C14H12BrNO3/c1-19-13-8-4-11(5-9-13)14(15)10-2-6-12(7-3-10)16(17)18/h2-9,14H,1H3. The molecule has 0 saturated carbocycles. The Balaban J connectivity index is 2.22. The lowest BCUT2D eigenvalue weighted by atomic mass is 10.0. The highest BCUT2D eigenvalue weighted by Gasteiger charge is 2.12. The normalized spacial score (nSPS) is 11.9. The SMILES string of the molecule is COc1ccc(C(Br)c2ccc([N+](=O)[O-])cc2)cc1. The number of methoxy groups -OCH3 is 1. The molecule has 0 aliphatic rings. The first-order chi connectivity index (χ1) is 9.11. The van der Waals surface area contributed by atoms with Crippen LogP contribution in [0.3, 0.4) is 0 Å². The topological polar surface area (TPSA) is 52.4 Å². The maximum atomic E-state index is 10.6. The highest BCUT2D eigenvalue weighted by molar-refractivity contribution is 9.09. The second-order valence-corrected chi connectivity index (χ2v) is 4.90. The minimum atomic E-state index is -0.402. The van der Waals surface area contributed by atoms with Crippen molar-refractivity contribution in [2.45, 2.75) is 4.83 Å². The van der Waals surface area contributed by atoms with Gasteiger partial charge in [-0.2, -0.15) is 0 Å². The number of benzene rings is 2. The van der Waals surface area contributed by atoms with Gasteiger partial charge in [-0.1, -0.05) is 40.2 Å². The lowest BCUT2D eigenvalue weighted by Gasteiger charge is -2.11. The molecular formula is C14H12BrNO3. The van der Waals surface area contributed by atoms with Crippen LogP contribution < -0.4 is 4.74 Å². The van der Waals surface area contributed by atoms with Crippen LogP contribution in [0.15, 0.2) is 48.5 Å². The Labute approximate surface area is 119 Å². The predicted molar refractivity (Wildman–Crippen MR) is 76.9 cm³/mol. The van der Waals surface area contributed by atoms with Gasteiger partial charge >= 0.3 is 0 Å². The number of alkyl halides is 1. The molecule has 2 aromatic carbocycles. The molecule has 0 N–H and O–H groups in total. The number of non-ortho nitro benzene ring substituents is 1. The Kier molecular flexibility index (Phi) is 4.16. The fraction of sp³-hybridized carbons (Fsp3) is 0.143. The molecule has 0 saturated heterocycles. The molecule has 0 aromatic heterocycles. The zero-order valence-electron chi connectivity index (χ0n) is 10.2. The minimum Gasteiger partial charge on any atom is -0.497 e. The Bertz CT molecular complexity index is 566. The quantitative estimate of drug-likeness (QED) is 0.484. The molecular weight excluding hydrogens is 310 g/mol. The lowest BCUT2D eigenvalue weighted by Crippen LogP contribution is -1.94. The Morgan fingerprint density at radius 3 is 1.95 bits per heavy atom. The third-order valence-corrected chi connectivity index (χ3v) is 3.86. The van der Waals surface area contributed by atoms with E-state index in [0.717, 1.165) is 16.9 Å². The number of nitro groups is 1. The molecule has 1 atom stereocenters. The van der Waals surface area contributed by atoms with E-state index in [1.54, 1.807) is 19.2 Å². The fourth-order valence-electron chi connectivity index (χ4n) is 1.73. The van der Waals surface area contributed by atoms with Crippen molar-refractivity contribution in [3.05, 3.63) is 69.8 Å². The molecule has 0 heterocycles. The summed E-state index contributed by atoms with van der Waals surface area (Å²) in [6.45, 7) is 0. The minimum absolute atomic E-state index is 0.000731. The van der Waals surface area contributed by atoms with Gasteiger partial charge in [0.15, 0.2) is 0 Å². The second-order valence-electron chi connectivity index (χ2n) is 3.98. The highest BCUT2D eigenvalue weighted by atomic mass is 79.9. The summed E-state index contributed by atoms with van der Waals surface area (Å²) >= 11 is 3.59. The molecule has 2 rings (SSSR count). The van der Waals surface area contributed by atoms with E-state index in [9.17, 15) is 10.1 Å². The summed E-state index contributed by atoms with van der Waals surface area (Å²) < 4.78 is 5.11. The van der Waals surface area contributed by atoms with Crippen LogP contribution in [0.25, 0.3) is 0 Å². The average Bonchev–Trinajstić information content (AvgIpc) is 2.46. The van der Waals surface area contributed by atoms with Crippen molar-refractivity contribution in [2.24, 2.45) is 0 Å². The molecule has 0 aliphatic carbocycles. The van der Waals surface area contributed by atoms with E-state index in [0.29, 0.717) is 0 Å². The molecule has 0 bridgehead atoms. The smallest absolute Gasteiger partial charge is 0.269 e. The van der Waals surface area contributed by atoms with Gasteiger partial charge in [-0.15, -0.1) is 0 Å². The van der Waals surface area contributed by atoms with Crippen molar-refractivity contribution in [2.75, 3.05) is 7.11 Å². The van der Waals surface area contributed by atoms with Crippen LogP contribution in [0, 0.1) is 10.1 Å². The number of nitrogens with zero attached hydrogens (tertiary/aromatic N) is 1. The summed E-state index contributed by atoms with van der Waals surface area (Å²) in [6.07, 6.45) is 0. The third kappa shape index (κ3) is 3.12. The first-order valence-electron chi connectivity index (χ1n) is 5.64. The number of hydrogen-bond donors (Lipinski definition) is 0. The van der Waals surface area contributed by atoms with Gasteiger partial charge in [0.2, 0.25) is 0 Å². The number of hydrogen-bond acceptors (Lipinski definition) is 3. The van der Waals surface area contributed by atoms with E-state index in [2.05, 4.69) is 15.9 Å². The zero-order chi connectivity index (χ0) is 13.8. The van der Waals surface area contributed by atoms with E-state index in [1.807, 2.05) is 24.3 Å². The van der Waals surface area contributed by atoms with E-state index < -0.39 is 4.92 Å². The van der Waals surface area contributed by atoms with Crippen LogP contribution >= 0.6 is 15.9 Å². The molecule has 0 aliphatic heterocycles. The number of ether oxygens (including phenoxy) is 1. The maximum absolute atomic E-state index is 10.6. The largest absolute Gasteiger partial charge is 0.497 e. The van der Waals surface area contributed by atoms with Gasteiger partial charge in [0, 0.05) is 12.1 Å². The number of halogens is 1. The molecule has 98 valence electrons. The fourth-order valence-corrected chi connectivity index (χ4v) is 2.34. The van der Waals surface area contributed by atoms with Crippen LogP contribution in [0.2, 0.25) is 0 Å². The zero-order valence-corrected chi connectivity index (χ0v) is 11.8. The summed E-state index contributed by atoms with van der Waals surface area (Å²) in [5, 5.41) is 10.6. The van der Waals surface area contributed by atoms with Gasteiger partial charge in [-0.3, -0.25) is 10.1 Å². The van der Waals surface area contributed by atoms with E-state index in [-0.39, 0.29) is 10.5 Å². The molecule has 2 aromatic rings. The summed E-state index contributed by atoms with van der Waals surface area (Å²) in [6, 6.07) is 14.2. The molecule has 4 nitrogen and oxygen atoms in total. The first-order valence-corrected chi connectivity index (χ1v) is 6.56. The molecule has 5 heteroatoms. The summed E-state index contributed by atoms with van der Waals surface area (Å²) in [5.74, 6) is 0.798. The second kappa shape index (κ2) is 5.84. The molecule has 0 fully saturated rings. The van der Waals surface area contributed by atoms with Gasteiger partial charge in [-0.25, -0.2) is 0 Å². The summed E-state index contributed by atoms with van der Waals surface area (Å²) in [5.41, 5.74) is 2.13. The number of nitro benzene ring substituents is 1. The Morgan fingerprint density at radius 1 is 1.05 bits per heavy atom. The maximum Gasteiger partial charge on any atom is 0.269 e. The van der Waals surface area contributed by atoms with Crippen molar-refractivity contribution in [3.63, 3.8) is 0 Å². The molecule has 0 radical (unpaired) electrons. The van der Waals surface area contributed by atoms with E-state index >= 15 is 0 Å². The van der Waals surface area contributed by atoms with Crippen molar-refractivity contribution < 1.29 is 9.66 Å². The van der Waals surface area contributed by atoms with Gasteiger partial charge in [0.05, 0.1) is 16.9 Å². The summed E-state index contributed by atoms with van der Waals surface area (Å²) in [4.78, 5) is 10.2. The van der Waals surface area contributed by atoms with Gasteiger partial charge in [0.1, 0.15) is 5.75 Å². The van der Waals surface area contributed by atoms with Crippen molar-refractivity contribution in [1.82, 2.24) is 0 Å². The first kappa shape index (κ1) is 13.5. The van der Waals surface area contributed by atoms with Crippen LogP contribution in [0.4, 0.5) is 5.69 Å². The summed E-state index contributed by atoms with van der Waals surface area (Å²) in [7, 11) is 1.62. The average molecular weight is 322 g/mol. The van der Waals surface area contributed by atoms with Crippen LogP contribution in [-0.4, -0.2) is 12.0 Å². The van der Waals surface area contributed by atoms with Crippen LogP contribution in [-0.2, 0) is 0 Å². The van der Waals surface area contributed by atoms with Crippen LogP contribution in [0.5, 0.6) is 5.75 Å². The van der Waals surface area contributed by atoms with Gasteiger partial charge < -0.3 is 4.74 Å². The molecule has 0 amide bonds. The van der Waals surface area contributed by atoms with Gasteiger partial charge in [0.25, 0.3) is 5.69 Å². The Morgan fingerprint density at radius 2 is 1.53 bits per heavy atom. The van der Waals surface area contributed by atoms with E-state index in [1.165, 1.54) is 12.1 Å². The lowest BCUT2D eigenvalue weighted by molar-refractivity contribution is -0.384. The molecule has 19 heavy (non-hydrogen) atoms. The molecule has 1 unspecified atom stereocenters. The van der Waals surface area contributed by atoms with Crippen molar-refractivity contribution >= 4 is 21.6 Å². The van der Waals surface area contributed by atoms with Crippen molar-refractivity contribution in [1.29, 1.82) is 0 Å². The van der Waals surface area contributed by atoms with Crippen molar-refractivity contribution in [3.8, 4) is 5.75 Å². The highest BCUT2D eigenvalue weighted by Crippen LogP contribution is 2.32. The van der Waals surface area contributed by atoms with Crippen LogP contribution in [0.1, 0.15) is 16.0 Å². The number of rotatable bonds is 4.